The minimum Gasteiger partial charge on any atom is -0.545 e. The maximum atomic E-state index is 10.8. The third-order valence-electron chi connectivity index (χ3n) is 4.48. The van der Waals surface area contributed by atoms with Gasteiger partial charge in [-0.25, -0.2) is 9.97 Å². The van der Waals surface area contributed by atoms with Gasteiger partial charge in [0.1, 0.15) is 17.0 Å². The number of aromatic carboxylic acids is 1. The summed E-state index contributed by atoms with van der Waals surface area (Å²) in [6.07, 6.45) is 4.93. The van der Waals surface area contributed by atoms with Gasteiger partial charge in [-0.1, -0.05) is 19.1 Å². The van der Waals surface area contributed by atoms with Crippen LogP contribution in [0.1, 0.15) is 34.1 Å². The number of thiophene rings is 1. The molecule has 2 heterocycles. The molecule has 6 heteroatoms. The Hall–Kier alpha value is -2.47. The van der Waals surface area contributed by atoms with Crippen molar-refractivity contribution in [3.8, 4) is 0 Å². The van der Waals surface area contributed by atoms with Gasteiger partial charge in [0.15, 0.2) is 0 Å². The molecule has 0 bridgehead atoms. The quantitative estimate of drug-likeness (QED) is 0.794. The Bertz CT molecular complexity index is 918. The SMILES string of the molecule is C[C@H]1CCc2c(sc3ncnc(Nc4ccc(C(=O)[O-])cc4)c23)C1. The normalized spacial score (nSPS) is 16.8. The van der Waals surface area contributed by atoms with E-state index in [0.717, 1.165) is 34.6 Å². The fraction of sp³-hybridized carbons (Fsp3) is 0.278. The molecule has 122 valence electrons. The number of aromatic nitrogens is 2. The molecule has 4 rings (SSSR count). The number of carbonyl (C=O) groups is 1. The van der Waals surface area contributed by atoms with Crippen molar-refractivity contribution in [3.63, 3.8) is 0 Å². The number of aryl methyl sites for hydroxylation is 1. The second kappa shape index (κ2) is 5.87. The number of carboxylic acid groups (broad SMARTS) is 1. The number of benzene rings is 1. The van der Waals surface area contributed by atoms with Gasteiger partial charge in [-0.05, 0) is 48.4 Å². The van der Waals surface area contributed by atoms with Crippen molar-refractivity contribution >= 4 is 39.0 Å². The Kier molecular flexibility index (Phi) is 3.69. The van der Waals surface area contributed by atoms with Crippen LogP contribution in [0.4, 0.5) is 11.5 Å². The zero-order chi connectivity index (χ0) is 16.7. The highest BCUT2D eigenvalue weighted by Gasteiger charge is 2.23. The van der Waals surface area contributed by atoms with Crippen LogP contribution in [0.25, 0.3) is 10.2 Å². The Morgan fingerprint density at radius 2 is 2.08 bits per heavy atom. The number of carbonyl (C=O) groups excluding carboxylic acids is 1. The molecule has 0 aliphatic heterocycles. The van der Waals surface area contributed by atoms with E-state index >= 15 is 0 Å². The van der Waals surface area contributed by atoms with Gasteiger partial charge in [-0.3, -0.25) is 0 Å². The van der Waals surface area contributed by atoms with Gasteiger partial charge in [0.05, 0.1) is 11.4 Å². The summed E-state index contributed by atoms with van der Waals surface area (Å²) in [5, 5.41) is 15.3. The average molecular weight is 338 g/mol. The van der Waals surface area contributed by atoms with Crippen molar-refractivity contribution in [2.45, 2.75) is 26.2 Å². The van der Waals surface area contributed by atoms with E-state index in [1.807, 2.05) is 0 Å². The van der Waals surface area contributed by atoms with Crippen LogP contribution >= 0.6 is 11.3 Å². The highest BCUT2D eigenvalue weighted by Crippen LogP contribution is 2.40. The lowest BCUT2D eigenvalue weighted by Gasteiger charge is -2.18. The highest BCUT2D eigenvalue weighted by molar-refractivity contribution is 7.19. The number of anilines is 2. The van der Waals surface area contributed by atoms with Gasteiger partial charge in [-0.15, -0.1) is 11.3 Å². The third-order valence-corrected chi connectivity index (χ3v) is 5.64. The average Bonchev–Trinajstić information content (AvgIpc) is 2.93. The molecule has 24 heavy (non-hydrogen) atoms. The number of nitrogens with one attached hydrogen (secondary N) is 1. The maximum absolute atomic E-state index is 10.8. The lowest BCUT2D eigenvalue weighted by Crippen LogP contribution is -2.21. The van der Waals surface area contributed by atoms with E-state index in [4.69, 9.17) is 0 Å². The van der Waals surface area contributed by atoms with E-state index in [-0.39, 0.29) is 5.56 Å². The van der Waals surface area contributed by atoms with E-state index in [0.29, 0.717) is 5.92 Å². The smallest absolute Gasteiger partial charge is 0.142 e. The van der Waals surface area contributed by atoms with E-state index in [1.54, 1.807) is 29.8 Å². The molecule has 0 saturated carbocycles. The fourth-order valence-corrected chi connectivity index (χ4v) is 4.55. The molecule has 1 aromatic carbocycles. The monoisotopic (exact) mass is 338 g/mol. The van der Waals surface area contributed by atoms with E-state index < -0.39 is 5.97 Å². The van der Waals surface area contributed by atoms with Gasteiger partial charge >= 0.3 is 0 Å². The van der Waals surface area contributed by atoms with Crippen LogP contribution < -0.4 is 10.4 Å². The van der Waals surface area contributed by atoms with Gasteiger partial charge in [0.25, 0.3) is 0 Å². The first-order chi connectivity index (χ1) is 11.6. The number of rotatable bonds is 3. The molecule has 0 amide bonds. The van der Waals surface area contributed by atoms with Crippen molar-refractivity contribution in [2.75, 3.05) is 5.32 Å². The van der Waals surface area contributed by atoms with Gasteiger partial charge in [0.2, 0.25) is 0 Å². The summed E-state index contributed by atoms with van der Waals surface area (Å²) in [5.74, 6) is 0.326. The standard InChI is InChI=1S/C18H17N3O2S/c1-10-2-7-13-14(8-10)24-17-15(13)16(19-9-20-17)21-12-5-3-11(4-6-12)18(22)23/h3-6,9-10H,2,7-8H2,1H3,(H,22,23)(H,19,20,21)/p-1/t10-/m0/s1. The predicted molar refractivity (Wildman–Crippen MR) is 92.7 cm³/mol. The van der Waals surface area contributed by atoms with Crippen molar-refractivity contribution in [3.05, 3.63) is 46.6 Å². The molecule has 0 radical (unpaired) electrons. The number of fused-ring (bicyclic) bond motifs is 3. The molecule has 1 aliphatic rings. The van der Waals surface area contributed by atoms with Crippen LogP contribution in [0.5, 0.6) is 0 Å². The van der Waals surface area contributed by atoms with Crippen molar-refractivity contribution in [1.29, 1.82) is 0 Å². The van der Waals surface area contributed by atoms with E-state index in [2.05, 4.69) is 22.2 Å². The molecule has 0 fully saturated rings. The zero-order valence-electron chi connectivity index (χ0n) is 13.2. The van der Waals surface area contributed by atoms with Crippen LogP contribution in [-0.2, 0) is 12.8 Å². The Morgan fingerprint density at radius 3 is 2.83 bits per heavy atom. The molecule has 1 atom stereocenters. The Labute approximate surface area is 143 Å². The van der Waals surface area contributed by atoms with Crippen LogP contribution in [-0.4, -0.2) is 15.9 Å². The molecule has 1 N–H and O–H groups in total. The summed E-state index contributed by atoms with van der Waals surface area (Å²) in [5.41, 5.74) is 2.32. The number of carboxylic acids is 1. The van der Waals surface area contributed by atoms with Crippen molar-refractivity contribution < 1.29 is 9.90 Å². The second-order valence-electron chi connectivity index (χ2n) is 6.24. The van der Waals surface area contributed by atoms with E-state index in [9.17, 15) is 9.90 Å². The molecule has 3 aromatic rings. The molecular weight excluding hydrogens is 322 g/mol. The minimum absolute atomic E-state index is 0.162. The van der Waals surface area contributed by atoms with Crippen molar-refractivity contribution in [1.82, 2.24) is 9.97 Å². The fourth-order valence-electron chi connectivity index (χ4n) is 3.20. The Balaban J connectivity index is 1.73. The van der Waals surface area contributed by atoms with Crippen LogP contribution in [0.15, 0.2) is 30.6 Å². The van der Waals surface area contributed by atoms with Gasteiger partial charge in [-0.2, -0.15) is 0 Å². The topological polar surface area (TPSA) is 77.9 Å². The summed E-state index contributed by atoms with van der Waals surface area (Å²) < 4.78 is 0. The molecule has 0 saturated heterocycles. The van der Waals surface area contributed by atoms with Gasteiger partial charge in [0, 0.05) is 10.6 Å². The first kappa shape index (κ1) is 15.1. The summed E-state index contributed by atoms with van der Waals surface area (Å²) in [4.78, 5) is 22.1. The lowest BCUT2D eigenvalue weighted by atomic mass is 9.89. The zero-order valence-corrected chi connectivity index (χ0v) is 14.0. The molecule has 5 nitrogen and oxygen atoms in total. The molecule has 0 spiro atoms. The van der Waals surface area contributed by atoms with Crippen LogP contribution in [0.2, 0.25) is 0 Å². The number of hydrogen-bond donors (Lipinski definition) is 1. The van der Waals surface area contributed by atoms with Crippen LogP contribution in [0, 0.1) is 5.92 Å². The largest absolute Gasteiger partial charge is 0.545 e. The highest BCUT2D eigenvalue weighted by atomic mass is 32.1. The molecule has 0 unspecified atom stereocenters. The summed E-state index contributed by atoms with van der Waals surface area (Å²) >= 11 is 1.76. The summed E-state index contributed by atoms with van der Waals surface area (Å²) in [6, 6.07) is 6.50. The van der Waals surface area contributed by atoms with Crippen LogP contribution in [0.3, 0.4) is 0 Å². The third kappa shape index (κ3) is 2.63. The minimum atomic E-state index is -1.17. The van der Waals surface area contributed by atoms with Gasteiger partial charge < -0.3 is 15.2 Å². The molecular formula is C18H16N3O2S-. The predicted octanol–water partition coefficient (Wildman–Crippen LogP) is 2.92. The molecule has 2 aromatic heterocycles. The Morgan fingerprint density at radius 1 is 1.29 bits per heavy atom. The lowest BCUT2D eigenvalue weighted by molar-refractivity contribution is -0.255. The number of nitrogens with zero attached hydrogens (tertiary/aromatic N) is 2. The number of hydrogen-bond acceptors (Lipinski definition) is 6. The summed E-state index contributed by atoms with van der Waals surface area (Å²) in [7, 11) is 0. The first-order valence-electron chi connectivity index (χ1n) is 7.95. The summed E-state index contributed by atoms with van der Waals surface area (Å²) in [6.45, 7) is 2.29. The molecule has 1 aliphatic carbocycles. The maximum Gasteiger partial charge on any atom is 0.142 e. The second-order valence-corrected chi connectivity index (χ2v) is 7.33. The first-order valence-corrected chi connectivity index (χ1v) is 8.77. The van der Waals surface area contributed by atoms with E-state index in [1.165, 1.54) is 29.0 Å². The van der Waals surface area contributed by atoms with Crippen molar-refractivity contribution in [2.24, 2.45) is 5.92 Å².